The smallest absolute Gasteiger partial charge is 0.408 e. The highest BCUT2D eigenvalue weighted by Crippen LogP contribution is 2.20. The molecule has 65 heavy (non-hydrogen) atoms. The van der Waals surface area contributed by atoms with Gasteiger partial charge in [-0.05, 0) is 47.4 Å². The van der Waals surface area contributed by atoms with Crippen LogP contribution in [-0.4, -0.2) is 92.5 Å². The summed E-state index contributed by atoms with van der Waals surface area (Å²) in [6.45, 7) is 0.741. The number of hydrogen-bond donors (Lipinski definition) is 9. The molecule has 0 fully saturated rings. The molecule has 0 unspecified atom stereocenters. The van der Waals surface area contributed by atoms with Crippen LogP contribution in [0.3, 0.4) is 0 Å². The number of nitrogens with one attached hydrogen (secondary N) is 7. The first kappa shape index (κ1) is 46.5. The molecule has 18 heteroatoms. The minimum atomic E-state index is -1.62. The van der Waals surface area contributed by atoms with Gasteiger partial charge in [-0.25, -0.2) is 9.78 Å². The van der Waals surface area contributed by atoms with Gasteiger partial charge in [-0.1, -0.05) is 91.0 Å². The molecule has 0 saturated heterocycles. The maximum atomic E-state index is 14.2. The first-order chi connectivity index (χ1) is 31.4. The van der Waals surface area contributed by atoms with Gasteiger partial charge in [0.2, 0.25) is 29.5 Å². The van der Waals surface area contributed by atoms with Gasteiger partial charge in [0.15, 0.2) is 0 Å². The Kier molecular flexibility index (Phi) is 16.4. The van der Waals surface area contributed by atoms with Crippen molar-refractivity contribution in [1.29, 1.82) is 0 Å². The van der Waals surface area contributed by atoms with Crippen LogP contribution in [-0.2, 0) is 61.2 Å². The number of nitrogens with zero attached hydrogens (tertiary/aromatic N) is 1. The van der Waals surface area contributed by atoms with Crippen molar-refractivity contribution in [2.24, 2.45) is 5.73 Å². The van der Waals surface area contributed by atoms with Crippen LogP contribution in [0.4, 0.5) is 4.79 Å². The van der Waals surface area contributed by atoms with E-state index < -0.39 is 72.4 Å². The normalized spacial score (nSPS) is 13.3. The van der Waals surface area contributed by atoms with Crippen LogP contribution in [0.25, 0.3) is 10.9 Å². The van der Waals surface area contributed by atoms with Crippen LogP contribution in [0.5, 0.6) is 5.75 Å². The number of aliphatic hydroxyl groups excluding tert-OH is 1. The molecule has 338 valence electrons. The summed E-state index contributed by atoms with van der Waals surface area (Å²) in [5.74, 6) is -3.57. The standard InChI is InChI=1S/C47H51N9O9/c1-29(42(48)58)52-43(59)39(21-33-23-50-37-15-9-8-14-36(33)37)54-46(62)41(25-57)55-44(60)38(20-30-16-18-35(19-17-30)64-26-31-10-4-2-5-11-31)53-45(61)40(22-34-24-49-28-51-34)56-47(63)65-27-32-12-6-3-7-13-32/h2-19,23-24,28-29,38-41,50,57H,20-22,25-27H2,1H3,(H2,48,58)(H,49,51)(H,52,59)(H,53,61)(H,54,62)(H,55,60)(H,56,63)/t29-,38+,39+,40+,41+/m0/s1. The van der Waals surface area contributed by atoms with Crippen molar-refractivity contribution < 1.29 is 43.3 Å². The van der Waals surface area contributed by atoms with Gasteiger partial charge in [-0.2, -0.15) is 0 Å². The molecule has 2 aromatic heterocycles. The van der Waals surface area contributed by atoms with E-state index in [0.717, 1.165) is 22.0 Å². The fourth-order valence-electron chi connectivity index (χ4n) is 6.77. The van der Waals surface area contributed by atoms with Crippen LogP contribution in [0, 0.1) is 0 Å². The molecule has 4 aromatic carbocycles. The Balaban J connectivity index is 1.20. The van der Waals surface area contributed by atoms with E-state index in [1.807, 2.05) is 60.7 Å². The summed E-state index contributed by atoms with van der Waals surface area (Å²) >= 11 is 0. The number of hydrogen-bond acceptors (Lipinski definition) is 10. The Labute approximate surface area is 374 Å². The molecule has 0 aliphatic carbocycles. The number of aliphatic hydroxyl groups is 1. The number of para-hydroxylation sites is 1. The minimum Gasteiger partial charge on any atom is -0.489 e. The Bertz CT molecular complexity index is 2520. The number of imidazole rings is 1. The number of carbonyl (C=O) groups excluding carboxylic acids is 6. The fraction of sp³-hybridized carbons (Fsp3) is 0.255. The number of nitrogens with two attached hydrogens (primary N) is 1. The molecule has 0 aliphatic rings. The van der Waals surface area contributed by atoms with Crippen LogP contribution in [0.15, 0.2) is 128 Å². The second-order valence-corrected chi connectivity index (χ2v) is 15.2. The Morgan fingerprint density at radius 3 is 1.83 bits per heavy atom. The van der Waals surface area contributed by atoms with Gasteiger partial charge in [0.1, 0.15) is 49.2 Å². The van der Waals surface area contributed by atoms with Crippen molar-refractivity contribution in [1.82, 2.24) is 41.5 Å². The SMILES string of the molecule is C[C@H](NC(=O)[C@@H](Cc1c[nH]c2ccccc12)NC(=O)[C@@H](CO)NC(=O)[C@@H](Cc1ccc(OCc2ccccc2)cc1)NC(=O)[C@@H](Cc1cnc[nH]1)NC(=O)OCc1ccccc1)C(N)=O. The number of aromatic amines is 2. The quantitative estimate of drug-likeness (QED) is 0.0480. The zero-order valence-electron chi connectivity index (χ0n) is 35.5. The van der Waals surface area contributed by atoms with E-state index in [1.54, 1.807) is 54.7 Å². The summed E-state index contributed by atoms with van der Waals surface area (Å²) in [4.78, 5) is 90.7. The second-order valence-electron chi connectivity index (χ2n) is 15.2. The summed E-state index contributed by atoms with van der Waals surface area (Å²) < 4.78 is 11.3. The van der Waals surface area contributed by atoms with Gasteiger partial charge in [0, 0.05) is 48.3 Å². The molecule has 5 atom stereocenters. The highest BCUT2D eigenvalue weighted by molar-refractivity contribution is 5.96. The zero-order valence-corrected chi connectivity index (χ0v) is 35.5. The summed E-state index contributed by atoms with van der Waals surface area (Å²) in [7, 11) is 0. The lowest BCUT2D eigenvalue weighted by molar-refractivity contribution is -0.135. The predicted molar refractivity (Wildman–Crippen MR) is 238 cm³/mol. The Morgan fingerprint density at radius 2 is 1.20 bits per heavy atom. The van der Waals surface area contributed by atoms with Gasteiger partial charge in [0.25, 0.3) is 0 Å². The van der Waals surface area contributed by atoms with Gasteiger partial charge in [-0.15, -0.1) is 0 Å². The third-order valence-corrected chi connectivity index (χ3v) is 10.4. The molecule has 0 bridgehead atoms. The minimum absolute atomic E-state index is 0.0403. The van der Waals surface area contributed by atoms with Crippen LogP contribution in [0.2, 0.25) is 0 Å². The monoisotopic (exact) mass is 885 g/mol. The Hall–Kier alpha value is -7.99. The number of benzene rings is 4. The number of amides is 6. The molecular weight excluding hydrogens is 835 g/mol. The summed E-state index contributed by atoms with van der Waals surface area (Å²) in [5, 5.41) is 24.2. The van der Waals surface area contributed by atoms with E-state index >= 15 is 0 Å². The maximum Gasteiger partial charge on any atom is 0.408 e. The molecule has 2 heterocycles. The van der Waals surface area contributed by atoms with E-state index in [4.69, 9.17) is 15.2 Å². The number of H-pyrrole nitrogens is 2. The van der Waals surface area contributed by atoms with Crippen molar-refractivity contribution in [3.63, 3.8) is 0 Å². The maximum absolute atomic E-state index is 14.2. The largest absolute Gasteiger partial charge is 0.489 e. The van der Waals surface area contributed by atoms with Gasteiger partial charge < -0.3 is 56.9 Å². The molecule has 0 radical (unpaired) electrons. The summed E-state index contributed by atoms with van der Waals surface area (Å²) in [6, 6.07) is 26.1. The van der Waals surface area contributed by atoms with E-state index in [9.17, 15) is 33.9 Å². The summed E-state index contributed by atoms with van der Waals surface area (Å²) in [5.41, 5.74) is 9.61. The third kappa shape index (κ3) is 13.7. The molecule has 6 amide bonds. The average Bonchev–Trinajstić information content (AvgIpc) is 3.99. The van der Waals surface area contributed by atoms with E-state index in [2.05, 4.69) is 41.5 Å². The number of rotatable bonds is 22. The van der Waals surface area contributed by atoms with Crippen molar-refractivity contribution in [3.8, 4) is 5.75 Å². The molecule has 0 spiro atoms. The number of aromatic nitrogens is 3. The first-order valence-corrected chi connectivity index (χ1v) is 20.8. The van der Waals surface area contributed by atoms with Crippen molar-refractivity contribution in [2.75, 3.05) is 6.61 Å². The lowest BCUT2D eigenvalue weighted by Crippen LogP contribution is -2.60. The topological polar surface area (TPSA) is 272 Å². The lowest BCUT2D eigenvalue weighted by atomic mass is 10.0. The Morgan fingerprint density at radius 1 is 0.631 bits per heavy atom. The average molecular weight is 886 g/mol. The predicted octanol–water partition coefficient (Wildman–Crippen LogP) is 2.23. The molecule has 6 aromatic rings. The van der Waals surface area contributed by atoms with Crippen molar-refractivity contribution >= 4 is 46.5 Å². The molecule has 6 rings (SSSR count). The number of carbonyl (C=O) groups is 6. The van der Waals surface area contributed by atoms with E-state index in [-0.39, 0.29) is 25.9 Å². The van der Waals surface area contributed by atoms with Crippen LogP contribution in [0.1, 0.15) is 34.9 Å². The third-order valence-electron chi connectivity index (χ3n) is 10.4. The zero-order chi connectivity index (χ0) is 46.1. The van der Waals surface area contributed by atoms with Gasteiger partial charge in [-0.3, -0.25) is 24.0 Å². The van der Waals surface area contributed by atoms with Gasteiger partial charge in [0.05, 0.1) is 12.9 Å². The lowest BCUT2D eigenvalue weighted by Gasteiger charge is -2.26. The number of fused-ring (bicyclic) bond motifs is 1. The van der Waals surface area contributed by atoms with Crippen LogP contribution >= 0.6 is 0 Å². The molecule has 10 N–H and O–H groups in total. The molecule has 18 nitrogen and oxygen atoms in total. The summed E-state index contributed by atoms with van der Waals surface area (Å²) in [6.07, 6.45) is 3.47. The molecular formula is C47H51N9O9. The number of ether oxygens (including phenoxy) is 2. The highest BCUT2D eigenvalue weighted by Gasteiger charge is 2.33. The van der Waals surface area contributed by atoms with Crippen LogP contribution < -0.4 is 37.1 Å². The van der Waals surface area contributed by atoms with Crippen molar-refractivity contribution in [3.05, 3.63) is 156 Å². The number of primary amides is 1. The first-order valence-electron chi connectivity index (χ1n) is 20.8. The van der Waals surface area contributed by atoms with E-state index in [1.165, 1.54) is 19.4 Å². The van der Waals surface area contributed by atoms with Crippen molar-refractivity contribution in [2.45, 2.75) is 69.6 Å². The number of alkyl carbamates (subject to hydrolysis) is 1. The molecule has 0 aliphatic heterocycles. The van der Waals surface area contributed by atoms with E-state index in [0.29, 0.717) is 29.2 Å². The highest BCUT2D eigenvalue weighted by atomic mass is 16.5. The second kappa shape index (κ2) is 22.9. The molecule has 0 saturated carbocycles. The van der Waals surface area contributed by atoms with Gasteiger partial charge >= 0.3 is 6.09 Å². The fourth-order valence-corrected chi connectivity index (χ4v) is 6.77.